The third-order valence-corrected chi connectivity index (χ3v) is 5.55. The van der Waals surface area contributed by atoms with E-state index in [9.17, 15) is 22.0 Å². The fourth-order valence-corrected chi connectivity index (χ4v) is 4.21. The van der Waals surface area contributed by atoms with Gasteiger partial charge in [-0.25, -0.2) is 22.0 Å². The highest BCUT2D eigenvalue weighted by Crippen LogP contribution is 2.36. The first-order chi connectivity index (χ1) is 15.0. The average Bonchev–Trinajstić information content (AvgIpc) is 3.30. The molecule has 9 nitrogen and oxygen atoms in total. The van der Waals surface area contributed by atoms with Gasteiger partial charge in [-0.15, -0.1) is 0 Å². The number of alkyl halides is 2. The highest BCUT2D eigenvalue weighted by molar-refractivity contribution is 7.92. The van der Waals surface area contributed by atoms with E-state index in [1.54, 1.807) is 6.07 Å². The second-order valence-corrected chi connectivity index (χ2v) is 9.90. The molecule has 0 spiro atoms. The standard InChI is InChI=1S/C20H27F2N5O4S/c1-11(2)23-20(28)31-14-6-4-12(8-14)17-10-18(26-25-17)24-13-5-7-16(27-32(3,29)30)15(9-13)19(21)22/h5,7,9-12,14,19,27H,4,6,8H2,1-3H3,(H,23,28)(H2,24,25,26)/t12-,14+/m0/s1. The maximum atomic E-state index is 13.4. The van der Waals surface area contributed by atoms with Crippen molar-refractivity contribution >= 4 is 33.3 Å². The molecule has 1 aromatic heterocycles. The monoisotopic (exact) mass is 471 g/mol. The van der Waals surface area contributed by atoms with Crippen molar-refractivity contribution in [2.45, 2.75) is 57.6 Å². The molecule has 1 heterocycles. The predicted octanol–water partition coefficient (Wildman–Crippen LogP) is 4.23. The number of nitrogens with one attached hydrogen (secondary N) is 4. The molecule has 1 saturated carbocycles. The molecular formula is C20H27F2N5O4S. The van der Waals surface area contributed by atoms with Gasteiger partial charge in [0.25, 0.3) is 6.43 Å². The van der Waals surface area contributed by atoms with Crippen molar-refractivity contribution in [3.8, 4) is 0 Å². The second kappa shape index (κ2) is 9.72. The number of aromatic nitrogens is 2. The summed E-state index contributed by atoms with van der Waals surface area (Å²) in [6.45, 7) is 3.72. The molecule has 4 N–H and O–H groups in total. The Hall–Kier alpha value is -2.89. The Morgan fingerprint density at radius 1 is 1.25 bits per heavy atom. The minimum atomic E-state index is -3.69. The molecule has 0 radical (unpaired) electrons. The van der Waals surface area contributed by atoms with Gasteiger partial charge in [0.15, 0.2) is 5.82 Å². The smallest absolute Gasteiger partial charge is 0.407 e. The van der Waals surface area contributed by atoms with Crippen molar-refractivity contribution in [2.24, 2.45) is 0 Å². The van der Waals surface area contributed by atoms with Gasteiger partial charge in [-0.1, -0.05) is 0 Å². The van der Waals surface area contributed by atoms with E-state index in [1.807, 2.05) is 13.8 Å². The number of sulfonamides is 1. The first-order valence-electron chi connectivity index (χ1n) is 10.2. The Balaban J connectivity index is 1.64. The molecule has 1 aliphatic carbocycles. The Kier molecular flexibility index (Phi) is 7.22. The molecule has 0 aliphatic heterocycles. The highest BCUT2D eigenvalue weighted by atomic mass is 32.2. The maximum absolute atomic E-state index is 13.4. The molecule has 1 amide bonds. The second-order valence-electron chi connectivity index (χ2n) is 8.15. The molecular weight excluding hydrogens is 444 g/mol. The number of rotatable bonds is 8. The fraction of sp³-hybridized carbons (Fsp3) is 0.500. The molecule has 1 aromatic carbocycles. The van der Waals surface area contributed by atoms with Crippen LogP contribution < -0.4 is 15.4 Å². The molecule has 3 rings (SSSR count). The van der Waals surface area contributed by atoms with Crippen molar-refractivity contribution in [3.63, 3.8) is 0 Å². The van der Waals surface area contributed by atoms with E-state index < -0.39 is 28.1 Å². The van der Waals surface area contributed by atoms with Crippen LogP contribution in [0.3, 0.4) is 0 Å². The third-order valence-electron chi connectivity index (χ3n) is 4.96. The Morgan fingerprint density at radius 2 is 2.00 bits per heavy atom. The number of alkyl carbamates (subject to hydrolysis) is 1. The van der Waals surface area contributed by atoms with Crippen LogP contribution in [0.5, 0.6) is 0 Å². The molecule has 32 heavy (non-hydrogen) atoms. The molecule has 0 unspecified atom stereocenters. The number of hydrogen-bond donors (Lipinski definition) is 4. The predicted molar refractivity (Wildman–Crippen MR) is 117 cm³/mol. The van der Waals surface area contributed by atoms with E-state index in [0.717, 1.165) is 24.8 Å². The van der Waals surface area contributed by atoms with Crippen LogP contribution in [0.4, 0.5) is 30.8 Å². The number of amides is 1. The molecule has 0 bridgehead atoms. The first-order valence-corrected chi connectivity index (χ1v) is 12.1. The van der Waals surface area contributed by atoms with E-state index >= 15 is 0 Å². The van der Waals surface area contributed by atoms with Gasteiger partial charge in [0.2, 0.25) is 10.0 Å². The van der Waals surface area contributed by atoms with Gasteiger partial charge in [0.05, 0.1) is 11.9 Å². The van der Waals surface area contributed by atoms with Crippen LogP contribution in [0, 0.1) is 0 Å². The third kappa shape index (κ3) is 6.55. The molecule has 12 heteroatoms. The summed E-state index contributed by atoms with van der Waals surface area (Å²) < 4.78 is 57.1. The number of H-pyrrole nitrogens is 1. The van der Waals surface area contributed by atoms with Gasteiger partial charge in [-0.2, -0.15) is 5.10 Å². The van der Waals surface area contributed by atoms with Crippen molar-refractivity contribution < 1.29 is 26.7 Å². The summed E-state index contributed by atoms with van der Waals surface area (Å²) in [6.07, 6.45) is -0.348. The highest BCUT2D eigenvalue weighted by Gasteiger charge is 2.30. The van der Waals surface area contributed by atoms with Gasteiger partial charge >= 0.3 is 6.09 Å². The van der Waals surface area contributed by atoms with Crippen LogP contribution in [0.2, 0.25) is 0 Å². The lowest BCUT2D eigenvalue weighted by atomic mass is 10.0. The number of halogens is 2. The van der Waals surface area contributed by atoms with Crippen molar-refractivity contribution in [2.75, 3.05) is 16.3 Å². The number of aromatic amines is 1. The Labute approximate surface area is 185 Å². The summed E-state index contributed by atoms with van der Waals surface area (Å²) >= 11 is 0. The minimum absolute atomic E-state index is 0.00254. The number of carbonyl (C=O) groups is 1. The summed E-state index contributed by atoms with van der Waals surface area (Å²) in [4.78, 5) is 11.8. The lowest BCUT2D eigenvalue weighted by Gasteiger charge is -2.14. The zero-order valence-corrected chi connectivity index (χ0v) is 18.8. The van der Waals surface area contributed by atoms with Gasteiger partial charge < -0.3 is 15.4 Å². The normalized spacial score (nSPS) is 18.7. The molecule has 1 fully saturated rings. The van der Waals surface area contributed by atoms with Crippen LogP contribution in [-0.4, -0.2) is 43.1 Å². The van der Waals surface area contributed by atoms with Crippen molar-refractivity contribution in [1.82, 2.24) is 15.5 Å². The summed E-state index contributed by atoms with van der Waals surface area (Å²) in [6, 6.07) is 5.73. The number of nitrogens with zero attached hydrogens (tertiary/aromatic N) is 1. The first kappa shape index (κ1) is 23.8. The van der Waals surface area contributed by atoms with Crippen LogP contribution in [0.15, 0.2) is 24.3 Å². The van der Waals surface area contributed by atoms with Crippen LogP contribution in [-0.2, 0) is 14.8 Å². The topological polar surface area (TPSA) is 125 Å². The minimum Gasteiger partial charge on any atom is -0.446 e. The lowest BCUT2D eigenvalue weighted by Crippen LogP contribution is -2.33. The van der Waals surface area contributed by atoms with Gasteiger partial charge in [-0.05, 0) is 51.3 Å². The van der Waals surface area contributed by atoms with Crippen LogP contribution in [0.1, 0.15) is 56.7 Å². The summed E-state index contributed by atoms with van der Waals surface area (Å²) in [5.41, 5.74) is 0.587. The van der Waals surface area contributed by atoms with E-state index in [2.05, 4.69) is 25.6 Å². The van der Waals surface area contributed by atoms with E-state index in [1.165, 1.54) is 18.2 Å². The average molecular weight is 472 g/mol. The van der Waals surface area contributed by atoms with Crippen LogP contribution in [0.25, 0.3) is 0 Å². The molecule has 1 aliphatic rings. The number of carbonyl (C=O) groups excluding carboxylic acids is 1. The van der Waals surface area contributed by atoms with Crippen molar-refractivity contribution in [3.05, 3.63) is 35.5 Å². The molecule has 2 atom stereocenters. The quantitative estimate of drug-likeness (QED) is 0.457. The Bertz CT molecular complexity index is 1060. The van der Waals surface area contributed by atoms with Gasteiger partial charge in [0, 0.05) is 35.0 Å². The fourth-order valence-electron chi connectivity index (χ4n) is 3.62. The van der Waals surface area contributed by atoms with Gasteiger partial charge in [0.1, 0.15) is 6.10 Å². The largest absolute Gasteiger partial charge is 0.446 e. The SMILES string of the molecule is CC(C)NC(=O)O[C@@H]1CC[C@H](c2cc(Nc3ccc(NS(C)(=O)=O)c(C(F)F)c3)n[nH]2)C1. The Morgan fingerprint density at radius 3 is 2.66 bits per heavy atom. The zero-order chi connectivity index (χ0) is 23.5. The van der Waals surface area contributed by atoms with E-state index in [4.69, 9.17) is 4.74 Å². The van der Waals surface area contributed by atoms with Crippen LogP contribution >= 0.6 is 0 Å². The summed E-state index contributed by atoms with van der Waals surface area (Å²) in [5, 5.41) is 12.8. The summed E-state index contributed by atoms with van der Waals surface area (Å²) in [7, 11) is -3.69. The van der Waals surface area contributed by atoms with Gasteiger partial charge in [-0.3, -0.25) is 9.82 Å². The number of anilines is 3. The maximum Gasteiger partial charge on any atom is 0.407 e. The lowest BCUT2D eigenvalue weighted by molar-refractivity contribution is 0.0981. The molecule has 2 aromatic rings. The number of benzene rings is 1. The molecule has 176 valence electrons. The van der Waals surface area contributed by atoms with E-state index in [-0.39, 0.29) is 23.8 Å². The summed E-state index contributed by atoms with van der Waals surface area (Å²) in [5.74, 6) is 0.568. The number of ether oxygens (including phenoxy) is 1. The van der Waals surface area contributed by atoms with Crippen molar-refractivity contribution in [1.29, 1.82) is 0 Å². The molecule has 0 saturated heterocycles. The number of hydrogen-bond acceptors (Lipinski definition) is 6. The van der Waals surface area contributed by atoms with E-state index in [0.29, 0.717) is 17.9 Å². The zero-order valence-electron chi connectivity index (χ0n) is 18.0.